The summed E-state index contributed by atoms with van der Waals surface area (Å²) in [5.74, 6) is 0.704. The first-order valence-electron chi connectivity index (χ1n) is 8.86. The van der Waals surface area contributed by atoms with Crippen LogP contribution >= 0.6 is 11.8 Å². The molecule has 1 aliphatic rings. The Hall–Kier alpha value is -1.41. The molecule has 2 rings (SSSR count). The first-order valence-corrected chi connectivity index (χ1v) is 9.84. The fraction of sp³-hybridized carbons (Fsp3) is 0.579. The van der Waals surface area contributed by atoms with Crippen LogP contribution < -0.4 is 5.56 Å². The lowest BCUT2D eigenvalue weighted by Gasteiger charge is -2.18. The largest absolute Gasteiger partial charge is 0.394 e. The fourth-order valence-corrected chi connectivity index (χ4v) is 3.72. The van der Waals surface area contributed by atoms with Crippen molar-refractivity contribution in [2.45, 2.75) is 63.6 Å². The minimum atomic E-state index is -0.723. The number of hydrogen-bond acceptors (Lipinski definition) is 6. The first-order chi connectivity index (χ1) is 12.4. The number of ether oxygens (including phenoxy) is 1. The van der Waals surface area contributed by atoms with Crippen LogP contribution in [0.15, 0.2) is 45.5 Å². The second-order valence-corrected chi connectivity index (χ2v) is 7.74. The smallest absolute Gasteiger partial charge is 0.273 e. The first kappa shape index (κ1) is 20.9. The standard InChI is InChI=1S/C19H28N2O4S/c1-13(2)5-4-6-14(3)8-10-26-19-20-17(24)7-9-21(19)18-11-15(23)16(12-22)25-18/h5,7-9,15-16,18,22-23H,4,6,10-12H2,1-3H3/b14-8+/t15-,16+,18+/m0/s1. The van der Waals surface area contributed by atoms with E-state index in [-0.39, 0.29) is 12.2 Å². The maximum Gasteiger partial charge on any atom is 0.273 e. The second-order valence-electron chi connectivity index (χ2n) is 6.75. The highest BCUT2D eigenvalue weighted by Gasteiger charge is 2.35. The predicted molar refractivity (Wildman–Crippen MR) is 103 cm³/mol. The molecule has 1 aromatic heterocycles. The Bertz CT molecular complexity index is 710. The van der Waals surface area contributed by atoms with E-state index in [2.05, 4.69) is 37.9 Å². The molecule has 6 nitrogen and oxygen atoms in total. The van der Waals surface area contributed by atoms with Crippen molar-refractivity contribution < 1.29 is 14.9 Å². The van der Waals surface area contributed by atoms with Gasteiger partial charge in [-0.2, -0.15) is 4.98 Å². The maximum atomic E-state index is 11.7. The van der Waals surface area contributed by atoms with Crippen molar-refractivity contribution in [1.82, 2.24) is 9.55 Å². The third-order valence-electron chi connectivity index (χ3n) is 4.23. The molecule has 0 amide bonds. The molecule has 0 saturated carbocycles. The van der Waals surface area contributed by atoms with Gasteiger partial charge in [-0.1, -0.05) is 35.1 Å². The summed E-state index contributed by atoms with van der Waals surface area (Å²) >= 11 is 1.46. The van der Waals surface area contributed by atoms with Crippen molar-refractivity contribution in [3.63, 3.8) is 0 Å². The van der Waals surface area contributed by atoms with Gasteiger partial charge >= 0.3 is 0 Å². The lowest BCUT2D eigenvalue weighted by atomic mass is 10.1. The van der Waals surface area contributed by atoms with E-state index in [1.54, 1.807) is 10.8 Å². The van der Waals surface area contributed by atoms with E-state index in [4.69, 9.17) is 4.74 Å². The van der Waals surface area contributed by atoms with E-state index in [1.807, 2.05) is 0 Å². The van der Waals surface area contributed by atoms with Crippen LogP contribution in [-0.2, 0) is 4.74 Å². The summed E-state index contributed by atoms with van der Waals surface area (Å²) in [6.45, 7) is 6.06. The van der Waals surface area contributed by atoms with E-state index in [1.165, 1.54) is 29.0 Å². The Morgan fingerprint density at radius 2 is 2.19 bits per heavy atom. The lowest BCUT2D eigenvalue weighted by molar-refractivity contribution is -0.0477. The summed E-state index contributed by atoms with van der Waals surface area (Å²) in [6, 6.07) is 1.38. The SMILES string of the molecule is CC(C)=CCC/C(C)=C/CSc1nc(=O)ccn1[C@H]1C[C@H](O)[C@@H](CO)O1. The molecule has 1 saturated heterocycles. The summed E-state index contributed by atoms with van der Waals surface area (Å²) in [7, 11) is 0. The molecule has 0 radical (unpaired) electrons. The predicted octanol–water partition coefficient (Wildman–Crippen LogP) is 2.67. The normalized spacial score (nSPS) is 23.3. The highest BCUT2D eigenvalue weighted by atomic mass is 32.2. The van der Waals surface area contributed by atoms with E-state index in [0.29, 0.717) is 17.3 Å². The van der Waals surface area contributed by atoms with Gasteiger partial charge in [0.25, 0.3) is 5.56 Å². The quantitative estimate of drug-likeness (QED) is 0.410. The number of allylic oxidation sites excluding steroid dienone is 3. The van der Waals surface area contributed by atoms with Gasteiger partial charge in [0.05, 0.1) is 12.7 Å². The lowest BCUT2D eigenvalue weighted by Crippen LogP contribution is -2.24. The number of aromatic nitrogens is 2. The van der Waals surface area contributed by atoms with Gasteiger partial charge in [0.15, 0.2) is 5.16 Å². The van der Waals surface area contributed by atoms with Gasteiger partial charge in [0, 0.05) is 24.4 Å². The maximum absolute atomic E-state index is 11.7. The molecule has 0 bridgehead atoms. The molecule has 26 heavy (non-hydrogen) atoms. The van der Waals surface area contributed by atoms with Crippen molar-refractivity contribution in [3.05, 3.63) is 45.9 Å². The average molecular weight is 381 g/mol. The van der Waals surface area contributed by atoms with E-state index in [9.17, 15) is 15.0 Å². The summed E-state index contributed by atoms with van der Waals surface area (Å²) in [4.78, 5) is 15.7. The molecule has 0 unspecified atom stereocenters. The van der Waals surface area contributed by atoms with Crippen LogP contribution in [0.1, 0.15) is 46.3 Å². The average Bonchev–Trinajstić information content (AvgIpc) is 2.95. The number of nitrogens with zero attached hydrogens (tertiary/aromatic N) is 2. The van der Waals surface area contributed by atoms with Crippen molar-refractivity contribution in [3.8, 4) is 0 Å². The van der Waals surface area contributed by atoms with Crippen LogP contribution in [0, 0.1) is 0 Å². The molecule has 7 heteroatoms. The number of thioether (sulfide) groups is 1. The van der Waals surface area contributed by atoms with Gasteiger partial charge in [0.1, 0.15) is 12.3 Å². The zero-order valence-electron chi connectivity index (χ0n) is 15.6. The Labute approximate surface area is 158 Å². The number of aliphatic hydroxyl groups is 2. The zero-order valence-corrected chi connectivity index (χ0v) is 16.4. The molecule has 1 fully saturated rings. The highest BCUT2D eigenvalue weighted by molar-refractivity contribution is 7.99. The van der Waals surface area contributed by atoms with Crippen molar-refractivity contribution in [1.29, 1.82) is 0 Å². The third kappa shape index (κ3) is 6.09. The molecule has 144 valence electrons. The van der Waals surface area contributed by atoms with Crippen LogP contribution in [0.2, 0.25) is 0 Å². The van der Waals surface area contributed by atoms with E-state index in [0.717, 1.165) is 12.8 Å². The van der Waals surface area contributed by atoms with Crippen molar-refractivity contribution >= 4 is 11.8 Å². The number of hydrogen-bond donors (Lipinski definition) is 2. The van der Waals surface area contributed by atoms with E-state index >= 15 is 0 Å². The monoisotopic (exact) mass is 380 g/mol. The van der Waals surface area contributed by atoms with Gasteiger partial charge in [-0.05, 0) is 33.6 Å². The molecule has 2 heterocycles. The minimum absolute atomic E-state index is 0.235. The Balaban J connectivity index is 2.02. The van der Waals surface area contributed by atoms with Crippen LogP contribution in [0.4, 0.5) is 0 Å². The molecule has 1 aromatic rings. The van der Waals surface area contributed by atoms with Gasteiger partial charge in [-0.3, -0.25) is 4.79 Å². The topological polar surface area (TPSA) is 84.6 Å². The zero-order chi connectivity index (χ0) is 19.1. The third-order valence-corrected chi connectivity index (χ3v) is 5.13. The molecular weight excluding hydrogens is 352 g/mol. The van der Waals surface area contributed by atoms with Gasteiger partial charge < -0.3 is 19.5 Å². The van der Waals surface area contributed by atoms with Crippen LogP contribution in [-0.4, -0.2) is 44.3 Å². The summed E-state index contributed by atoms with van der Waals surface area (Å²) in [5, 5.41) is 19.7. The molecule has 2 N–H and O–H groups in total. The number of rotatable bonds is 8. The second kappa shape index (κ2) is 10.1. The molecule has 0 spiro atoms. The van der Waals surface area contributed by atoms with E-state index < -0.39 is 18.4 Å². The Morgan fingerprint density at radius 1 is 1.42 bits per heavy atom. The van der Waals surface area contributed by atoms with Gasteiger partial charge in [-0.15, -0.1) is 0 Å². The molecule has 0 aliphatic carbocycles. The fourth-order valence-electron chi connectivity index (χ4n) is 2.72. The van der Waals surface area contributed by atoms with Crippen molar-refractivity contribution in [2.75, 3.05) is 12.4 Å². The van der Waals surface area contributed by atoms with Crippen molar-refractivity contribution in [2.24, 2.45) is 0 Å². The Morgan fingerprint density at radius 3 is 2.85 bits per heavy atom. The summed E-state index contributed by atoms with van der Waals surface area (Å²) in [6.07, 6.45) is 6.65. The molecular formula is C19H28N2O4S. The number of aliphatic hydroxyl groups excluding tert-OH is 2. The Kier molecular flexibility index (Phi) is 8.09. The molecule has 3 atom stereocenters. The van der Waals surface area contributed by atoms with Crippen LogP contribution in [0.5, 0.6) is 0 Å². The van der Waals surface area contributed by atoms with Crippen LogP contribution in [0.3, 0.4) is 0 Å². The van der Waals surface area contributed by atoms with Gasteiger partial charge in [-0.25, -0.2) is 0 Å². The van der Waals surface area contributed by atoms with Gasteiger partial charge in [0.2, 0.25) is 0 Å². The molecule has 0 aromatic carbocycles. The highest BCUT2D eigenvalue weighted by Crippen LogP contribution is 2.31. The minimum Gasteiger partial charge on any atom is -0.394 e. The summed E-state index contributed by atoms with van der Waals surface area (Å²) in [5.41, 5.74) is 2.32. The van der Waals surface area contributed by atoms with Crippen LogP contribution in [0.25, 0.3) is 0 Å². The molecule has 1 aliphatic heterocycles. The summed E-state index contributed by atoms with van der Waals surface area (Å²) < 4.78 is 7.44.